The van der Waals surface area contributed by atoms with Gasteiger partial charge in [-0.05, 0) is 32.0 Å². The zero-order valence-corrected chi connectivity index (χ0v) is 12.9. The van der Waals surface area contributed by atoms with Crippen LogP contribution in [0.3, 0.4) is 0 Å². The zero-order valence-electron chi connectivity index (χ0n) is 12.9. The summed E-state index contributed by atoms with van der Waals surface area (Å²) in [6, 6.07) is 5.88. The van der Waals surface area contributed by atoms with Crippen LogP contribution in [0.2, 0.25) is 0 Å². The standard InChI is InChI=1S/C15H23N3O2/c1-11-7-6-8-12(2)15(11)16-13(19)9-18(5)10-14(20)17(3)4/h6-8H,9-10H2,1-5H3,(H,16,19). The van der Waals surface area contributed by atoms with Crippen molar-refractivity contribution in [1.29, 1.82) is 0 Å². The largest absolute Gasteiger partial charge is 0.348 e. The third-order valence-corrected chi connectivity index (χ3v) is 3.06. The molecule has 0 aromatic heterocycles. The Hall–Kier alpha value is -1.88. The molecule has 1 aromatic carbocycles. The number of amides is 2. The number of hydrogen-bond donors (Lipinski definition) is 1. The van der Waals surface area contributed by atoms with Crippen LogP contribution in [0.25, 0.3) is 0 Å². The Morgan fingerprint density at radius 2 is 1.60 bits per heavy atom. The van der Waals surface area contributed by atoms with Gasteiger partial charge in [0.2, 0.25) is 11.8 Å². The van der Waals surface area contributed by atoms with Gasteiger partial charge in [0.15, 0.2) is 0 Å². The lowest BCUT2D eigenvalue weighted by Gasteiger charge is -2.19. The molecule has 0 radical (unpaired) electrons. The Morgan fingerprint density at radius 3 is 2.10 bits per heavy atom. The molecule has 0 heterocycles. The van der Waals surface area contributed by atoms with Gasteiger partial charge in [-0.3, -0.25) is 14.5 Å². The van der Waals surface area contributed by atoms with E-state index in [1.165, 1.54) is 4.90 Å². The molecule has 0 bridgehead atoms. The number of carbonyl (C=O) groups is 2. The van der Waals surface area contributed by atoms with E-state index in [1.807, 2.05) is 32.0 Å². The average molecular weight is 277 g/mol. The van der Waals surface area contributed by atoms with Crippen molar-refractivity contribution in [3.63, 3.8) is 0 Å². The van der Waals surface area contributed by atoms with Crippen molar-refractivity contribution in [2.75, 3.05) is 39.5 Å². The SMILES string of the molecule is Cc1cccc(C)c1NC(=O)CN(C)CC(=O)N(C)C. The van der Waals surface area contributed by atoms with E-state index < -0.39 is 0 Å². The number of hydrogen-bond acceptors (Lipinski definition) is 3. The highest BCUT2D eigenvalue weighted by molar-refractivity contribution is 5.94. The summed E-state index contributed by atoms with van der Waals surface area (Å²) in [5, 5.41) is 2.91. The number of aryl methyl sites for hydroxylation is 2. The Kier molecular flexibility index (Phi) is 5.70. The molecule has 110 valence electrons. The minimum atomic E-state index is -0.114. The number of carbonyl (C=O) groups excluding carboxylic acids is 2. The minimum absolute atomic E-state index is 0.0210. The average Bonchev–Trinajstić information content (AvgIpc) is 2.33. The molecule has 1 rings (SSSR count). The van der Waals surface area contributed by atoms with Crippen molar-refractivity contribution < 1.29 is 9.59 Å². The number of benzene rings is 1. The van der Waals surface area contributed by atoms with Gasteiger partial charge in [0.05, 0.1) is 13.1 Å². The molecular weight excluding hydrogens is 254 g/mol. The second-order valence-corrected chi connectivity index (χ2v) is 5.28. The van der Waals surface area contributed by atoms with Gasteiger partial charge in [-0.2, -0.15) is 0 Å². The maximum Gasteiger partial charge on any atom is 0.238 e. The first-order chi connectivity index (χ1) is 9.31. The maximum atomic E-state index is 12.0. The number of likely N-dealkylation sites (N-methyl/N-ethyl adjacent to an activating group) is 2. The normalized spacial score (nSPS) is 10.5. The van der Waals surface area contributed by atoms with Gasteiger partial charge in [0.25, 0.3) is 0 Å². The second kappa shape index (κ2) is 7.05. The summed E-state index contributed by atoms with van der Waals surface area (Å²) < 4.78 is 0. The summed E-state index contributed by atoms with van der Waals surface area (Å²) >= 11 is 0. The summed E-state index contributed by atoms with van der Waals surface area (Å²) in [4.78, 5) is 26.8. The number of anilines is 1. The van der Waals surface area contributed by atoms with Gasteiger partial charge in [-0.15, -0.1) is 0 Å². The van der Waals surface area contributed by atoms with Crippen LogP contribution in [0.15, 0.2) is 18.2 Å². The van der Waals surface area contributed by atoms with Crippen LogP contribution in [0.4, 0.5) is 5.69 Å². The van der Waals surface area contributed by atoms with Crippen LogP contribution in [0.5, 0.6) is 0 Å². The molecule has 5 nitrogen and oxygen atoms in total. The molecule has 0 unspecified atom stereocenters. The predicted octanol–water partition coefficient (Wildman–Crippen LogP) is 1.26. The van der Waals surface area contributed by atoms with E-state index in [4.69, 9.17) is 0 Å². The highest BCUT2D eigenvalue weighted by Gasteiger charge is 2.13. The van der Waals surface area contributed by atoms with Crippen molar-refractivity contribution in [1.82, 2.24) is 9.80 Å². The molecule has 0 fully saturated rings. The van der Waals surface area contributed by atoms with E-state index in [2.05, 4.69) is 5.32 Å². The Balaban J connectivity index is 2.58. The van der Waals surface area contributed by atoms with Crippen molar-refractivity contribution in [2.24, 2.45) is 0 Å². The summed E-state index contributed by atoms with van der Waals surface area (Å²) in [6.07, 6.45) is 0. The lowest BCUT2D eigenvalue weighted by atomic mass is 10.1. The van der Waals surface area contributed by atoms with Crippen LogP contribution in [0.1, 0.15) is 11.1 Å². The molecule has 1 aromatic rings. The molecule has 1 N–H and O–H groups in total. The van der Waals surface area contributed by atoms with E-state index >= 15 is 0 Å². The Bertz CT molecular complexity index is 478. The summed E-state index contributed by atoms with van der Waals surface area (Å²) in [5.74, 6) is -0.135. The first-order valence-electron chi connectivity index (χ1n) is 6.56. The van der Waals surface area contributed by atoms with E-state index in [-0.39, 0.29) is 24.9 Å². The van der Waals surface area contributed by atoms with Gasteiger partial charge < -0.3 is 10.2 Å². The zero-order chi connectivity index (χ0) is 15.3. The quantitative estimate of drug-likeness (QED) is 0.881. The van der Waals surface area contributed by atoms with Gasteiger partial charge in [-0.1, -0.05) is 18.2 Å². The number of para-hydroxylation sites is 1. The smallest absolute Gasteiger partial charge is 0.238 e. The molecule has 0 atom stereocenters. The fourth-order valence-electron chi connectivity index (χ4n) is 1.86. The highest BCUT2D eigenvalue weighted by Crippen LogP contribution is 2.19. The van der Waals surface area contributed by atoms with Gasteiger partial charge >= 0.3 is 0 Å². The summed E-state index contributed by atoms with van der Waals surface area (Å²) in [6.45, 7) is 4.34. The molecule has 0 aliphatic rings. The number of nitrogens with zero attached hydrogens (tertiary/aromatic N) is 2. The number of nitrogens with one attached hydrogen (secondary N) is 1. The van der Waals surface area contributed by atoms with Crippen LogP contribution in [-0.4, -0.2) is 55.8 Å². The summed E-state index contributed by atoms with van der Waals surface area (Å²) in [7, 11) is 5.16. The van der Waals surface area contributed by atoms with Gasteiger partial charge in [-0.25, -0.2) is 0 Å². The molecule has 5 heteroatoms. The van der Waals surface area contributed by atoms with Crippen LogP contribution in [0, 0.1) is 13.8 Å². The first kappa shape index (κ1) is 16.2. The van der Waals surface area contributed by atoms with Crippen LogP contribution < -0.4 is 5.32 Å². The minimum Gasteiger partial charge on any atom is -0.348 e. The Labute approximate surface area is 120 Å². The first-order valence-corrected chi connectivity index (χ1v) is 6.56. The molecule has 0 saturated heterocycles. The highest BCUT2D eigenvalue weighted by atomic mass is 16.2. The third-order valence-electron chi connectivity index (χ3n) is 3.06. The molecule has 0 saturated carbocycles. The summed E-state index contributed by atoms with van der Waals surface area (Å²) in [5.41, 5.74) is 2.92. The topological polar surface area (TPSA) is 52.7 Å². The van der Waals surface area contributed by atoms with Crippen molar-refractivity contribution in [2.45, 2.75) is 13.8 Å². The molecule has 20 heavy (non-hydrogen) atoms. The maximum absolute atomic E-state index is 12.0. The molecule has 0 aliphatic carbocycles. The molecule has 0 aliphatic heterocycles. The Morgan fingerprint density at radius 1 is 1.05 bits per heavy atom. The molecular formula is C15H23N3O2. The van der Waals surface area contributed by atoms with Crippen molar-refractivity contribution in [3.05, 3.63) is 29.3 Å². The predicted molar refractivity (Wildman–Crippen MR) is 80.7 cm³/mol. The van der Waals surface area contributed by atoms with E-state index in [9.17, 15) is 9.59 Å². The molecule has 0 spiro atoms. The molecule has 2 amide bonds. The van der Waals surface area contributed by atoms with E-state index in [0.717, 1.165) is 16.8 Å². The van der Waals surface area contributed by atoms with Crippen LogP contribution >= 0.6 is 0 Å². The lowest BCUT2D eigenvalue weighted by Crippen LogP contribution is -2.38. The van der Waals surface area contributed by atoms with Crippen LogP contribution in [-0.2, 0) is 9.59 Å². The lowest BCUT2D eigenvalue weighted by molar-refractivity contribution is -0.130. The second-order valence-electron chi connectivity index (χ2n) is 5.28. The van der Waals surface area contributed by atoms with E-state index in [1.54, 1.807) is 26.0 Å². The monoisotopic (exact) mass is 277 g/mol. The van der Waals surface area contributed by atoms with Gasteiger partial charge in [0, 0.05) is 19.8 Å². The van der Waals surface area contributed by atoms with Crippen molar-refractivity contribution >= 4 is 17.5 Å². The van der Waals surface area contributed by atoms with Gasteiger partial charge in [0.1, 0.15) is 0 Å². The van der Waals surface area contributed by atoms with Crippen molar-refractivity contribution in [3.8, 4) is 0 Å². The number of rotatable bonds is 5. The fraction of sp³-hybridized carbons (Fsp3) is 0.467. The fourth-order valence-corrected chi connectivity index (χ4v) is 1.86. The van der Waals surface area contributed by atoms with E-state index in [0.29, 0.717) is 0 Å². The third kappa shape index (κ3) is 4.66.